The number of hydrogen-bond acceptors (Lipinski definition) is 5. The molecule has 1 heterocycles. The van der Waals surface area contributed by atoms with Crippen LogP contribution in [0.2, 0.25) is 0 Å². The van der Waals surface area contributed by atoms with E-state index in [1.807, 2.05) is 0 Å². The standard InChI is InChI=1S/C12H21N3O5S/c16-8-4-2-1-3-6-14-21(19,20)11-9-13-15(10-11)7-5-12(17)18/h9-10,14,16H,1-8H2,(H,17,18). The summed E-state index contributed by atoms with van der Waals surface area (Å²) in [7, 11) is -3.60. The number of carbonyl (C=O) groups is 1. The zero-order chi connectivity index (χ0) is 15.7. The van der Waals surface area contributed by atoms with Crippen LogP contribution in [0.4, 0.5) is 0 Å². The minimum atomic E-state index is -3.60. The normalized spacial score (nSPS) is 11.7. The van der Waals surface area contributed by atoms with Gasteiger partial charge in [-0.15, -0.1) is 0 Å². The summed E-state index contributed by atoms with van der Waals surface area (Å²) in [5, 5.41) is 21.0. The second-order valence-corrected chi connectivity index (χ2v) is 6.39. The maximum atomic E-state index is 12.0. The number of aliphatic carboxylic acids is 1. The van der Waals surface area contributed by atoms with E-state index < -0.39 is 16.0 Å². The molecule has 1 aromatic rings. The van der Waals surface area contributed by atoms with Gasteiger partial charge in [0.05, 0.1) is 19.2 Å². The van der Waals surface area contributed by atoms with E-state index in [1.165, 1.54) is 17.1 Å². The van der Waals surface area contributed by atoms with Gasteiger partial charge in [-0.2, -0.15) is 5.10 Å². The highest BCUT2D eigenvalue weighted by Gasteiger charge is 2.15. The van der Waals surface area contributed by atoms with E-state index in [1.54, 1.807) is 0 Å². The minimum Gasteiger partial charge on any atom is -0.481 e. The van der Waals surface area contributed by atoms with Gasteiger partial charge in [-0.05, 0) is 12.8 Å². The van der Waals surface area contributed by atoms with Crippen LogP contribution in [0.1, 0.15) is 32.1 Å². The van der Waals surface area contributed by atoms with Gasteiger partial charge in [-0.25, -0.2) is 13.1 Å². The summed E-state index contributed by atoms with van der Waals surface area (Å²) in [5.74, 6) is -0.962. The maximum Gasteiger partial charge on any atom is 0.305 e. The molecule has 0 aromatic carbocycles. The van der Waals surface area contributed by atoms with Gasteiger partial charge in [-0.3, -0.25) is 9.48 Å². The van der Waals surface area contributed by atoms with E-state index >= 15 is 0 Å². The monoisotopic (exact) mass is 319 g/mol. The molecule has 0 radical (unpaired) electrons. The molecule has 1 rings (SSSR count). The van der Waals surface area contributed by atoms with Crippen LogP contribution in [0, 0.1) is 0 Å². The summed E-state index contributed by atoms with van der Waals surface area (Å²) in [6.45, 7) is 0.612. The number of aromatic nitrogens is 2. The smallest absolute Gasteiger partial charge is 0.305 e. The molecule has 0 saturated carbocycles. The molecule has 0 aliphatic rings. The number of unbranched alkanes of at least 4 members (excludes halogenated alkanes) is 3. The molecule has 0 atom stereocenters. The van der Waals surface area contributed by atoms with Crippen LogP contribution in [0.25, 0.3) is 0 Å². The van der Waals surface area contributed by atoms with Crippen molar-refractivity contribution in [3.8, 4) is 0 Å². The molecule has 0 aliphatic carbocycles. The zero-order valence-corrected chi connectivity index (χ0v) is 12.5. The predicted octanol–water partition coefficient (Wildman–Crippen LogP) is 0.189. The molecule has 120 valence electrons. The van der Waals surface area contributed by atoms with Crippen molar-refractivity contribution in [3.05, 3.63) is 12.4 Å². The first-order chi connectivity index (χ1) is 9.95. The molecule has 0 bridgehead atoms. The minimum absolute atomic E-state index is 0.0308. The Morgan fingerprint density at radius 1 is 1.29 bits per heavy atom. The second-order valence-electron chi connectivity index (χ2n) is 4.62. The third-order valence-corrected chi connectivity index (χ3v) is 4.27. The van der Waals surface area contributed by atoms with Crippen LogP contribution in [-0.2, 0) is 21.4 Å². The summed E-state index contributed by atoms with van der Waals surface area (Å²) in [5.41, 5.74) is 0. The highest BCUT2D eigenvalue weighted by Crippen LogP contribution is 2.08. The summed E-state index contributed by atoms with van der Waals surface area (Å²) in [6.07, 6.45) is 5.55. The molecule has 0 amide bonds. The van der Waals surface area contributed by atoms with Crippen LogP contribution in [0.3, 0.4) is 0 Å². The van der Waals surface area contributed by atoms with Gasteiger partial charge in [0.25, 0.3) is 0 Å². The van der Waals surface area contributed by atoms with Crippen molar-refractivity contribution in [2.24, 2.45) is 0 Å². The van der Waals surface area contributed by atoms with Gasteiger partial charge in [0, 0.05) is 19.3 Å². The Kier molecular flexibility index (Phi) is 7.34. The second kappa shape index (κ2) is 8.75. The number of aryl methyl sites for hydroxylation is 1. The van der Waals surface area contributed by atoms with Gasteiger partial charge >= 0.3 is 5.97 Å². The molecule has 0 aliphatic heterocycles. The number of rotatable bonds is 11. The maximum absolute atomic E-state index is 12.0. The summed E-state index contributed by atoms with van der Waals surface area (Å²) in [4.78, 5) is 10.5. The Labute approximate surface area is 123 Å². The topological polar surface area (TPSA) is 122 Å². The molecule has 0 spiro atoms. The van der Waals surface area contributed by atoms with Crippen LogP contribution in [0.15, 0.2) is 17.3 Å². The van der Waals surface area contributed by atoms with Gasteiger partial charge in [0.1, 0.15) is 4.90 Å². The highest BCUT2D eigenvalue weighted by atomic mass is 32.2. The predicted molar refractivity (Wildman–Crippen MR) is 75.2 cm³/mol. The number of hydrogen-bond donors (Lipinski definition) is 3. The Bertz CT molecular complexity index is 541. The average molecular weight is 319 g/mol. The van der Waals surface area contributed by atoms with Crippen LogP contribution >= 0.6 is 0 Å². The Hall–Kier alpha value is -1.45. The van der Waals surface area contributed by atoms with E-state index in [0.29, 0.717) is 13.0 Å². The molecule has 0 unspecified atom stereocenters. The zero-order valence-electron chi connectivity index (χ0n) is 11.7. The van der Waals surface area contributed by atoms with E-state index in [4.69, 9.17) is 10.2 Å². The number of aliphatic hydroxyl groups is 1. The van der Waals surface area contributed by atoms with Crippen LogP contribution in [0.5, 0.6) is 0 Å². The Morgan fingerprint density at radius 3 is 2.67 bits per heavy atom. The van der Waals surface area contributed by atoms with E-state index in [0.717, 1.165) is 19.3 Å². The first-order valence-corrected chi connectivity index (χ1v) is 8.29. The fraction of sp³-hybridized carbons (Fsp3) is 0.667. The molecule has 0 fully saturated rings. The quantitative estimate of drug-likeness (QED) is 0.501. The lowest BCUT2D eigenvalue weighted by Gasteiger charge is -2.04. The number of aliphatic hydroxyl groups excluding tert-OH is 1. The van der Waals surface area contributed by atoms with Gasteiger partial charge < -0.3 is 10.2 Å². The highest BCUT2D eigenvalue weighted by molar-refractivity contribution is 7.89. The van der Waals surface area contributed by atoms with Crippen molar-refractivity contribution in [2.45, 2.75) is 43.5 Å². The molecule has 21 heavy (non-hydrogen) atoms. The lowest BCUT2D eigenvalue weighted by Crippen LogP contribution is -2.24. The van der Waals surface area contributed by atoms with Crippen molar-refractivity contribution in [1.29, 1.82) is 0 Å². The molecule has 1 aromatic heterocycles. The van der Waals surface area contributed by atoms with E-state index in [9.17, 15) is 13.2 Å². The average Bonchev–Trinajstić information content (AvgIpc) is 2.90. The largest absolute Gasteiger partial charge is 0.481 e. The van der Waals surface area contributed by atoms with E-state index in [2.05, 4.69) is 9.82 Å². The van der Waals surface area contributed by atoms with Crippen LogP contribution < -0.4 is 4.72 Å². The van der Waals surface area contributed by atoms with Crippen molar-refractivity contribution < 1.29 is 23.4 Å². The van der Waals surface area contributed by atoms with Crippen molar-refractivity contribution in [2.75, 3.05) is 13.2 Å². The third kappa shape index (κ3) is 6.69. The van der Waals surface area contributed by atoms with Gasteiger partial charge in [0.15, 0.2) is 0 Å². The van der Waals surface area contributed by atoms with Crippen molar-refractivity contribution in [3.63, 3.8) is 0 Å². The fourth-order valence-electron chi connectivity index (χ4n) is 1.70. The SMILES string of the molecule is O=C(O)CCn1cc(S(=O)(=O)NCCCCCCO)cn1. The lowest BCUT2D eigenvalue weighted by molar-refractivity contribution is -0.137. The number of carboxylic acids is 1. The number of carboxylic acid groups (broad SMARTS) is 1. The van der Waals surface area contributed by atoms with Crippen molar-refractivity contribution in [1.82, 2.24) is 14.5 Å². The lowest BCUT2D eigenvalue weighted by atomic mass is 10.2. The molecular formula is C12H21N3O5S. The summed E-state index contributed by atoms with van der Waals surface area (Å²) < 4.78 is 27.7. The van der Waals surface area contributed by atoms with Crippen molar-refractivity contribution >= 4 is 16.0 Å². The molecule has 9 heteroatoms. The molecule has 3 N–H and O–H groups in total. The van der Waals surface area contributed by atoms with Crippen LogP contribution in [-0.4, -0.2) is 47.5 Å². The Balaban J connectivity index is 2.41. The summed E-state index contributed by atoms with van der Waals surface area (Å²) in [6, 6.07) is 0. The van der Waals surface area contributed by atoms with Gasteiger partial charge in [0.2, 0.25) is 10.0 Å². The molecular weight excluding hydrogens is 298 g/mol. The fourth-order valence-corrected chi connectivity index (χ4v) is 2.72. The third-order valence-electron chi connectivity index (χ3n) is 2.85. The first-order valence-electron chi connectivity index (χ1n) is 6.80. The van der Waals surface area contributed by atoms with Gasteiger partial charge in [-0.1, -0.05) is 12.8 Å². The number of sulfonamides is 1. The molecule has 8 nitrogen and oxygen atoms in total. The first kappa shape index (κ1) is 17.6. The Morgan fingerprint density at radius 2 is 2.00 bits per heavy atom. The molecule has 0 saturated heterocycles. The summed E-state index contributed by atoms with van der Waals surface area (Å²) >= 11 is 0. The van der Waals surface area contributed by atoms with E-state index in [-0.39, 0.29) is 24.5 Å². The number of nitrogens with zero attached hydrogens (tertiary/aromatic N) is 2. The number of nitrogens with one attached hydrogen (secondary N) is 1.